The van der Waals surface area contributed by atoms with Gasteiger partial charge in [0.25, 0.3) is 0 Å². The molecule has 1 aromatic heterocycles. The van der Waals surface area contributed by atoms with Gasteiger partial charge in [0.15, 0.2) is 0 Å². The highest BCUT2D eigenvalue weighted by atomic mass is 16.4. The van der Waals surface area contributed by atoms with Crippen molar-refractivity contribution < 1.29 is 9.90 Å². The molecule has 4 heteroatoms. The molecule has 0 aliphatic heterocycles. The lowest BCUT2D eigenvalue weighted by molar-refractivity contribution is 0.0684. The van der Waals surface area contributed by atoms with E-state index in [9.17, 15) is 4.79 Å². The summed E-state index contributed by atoms with van der Waals surface area (Å²) in [6.07, 6.45) is 2.36. The Morgan fingerprint density at radius 1 is 1.85 bits per heavy atom. The number of allylic oxidation sites excluding steroid dienone is 1. The molecule has 1 N–H and O–H groups in total. The minimum Gasteiger partial charge on any atom is -0.477 e. The smallest absolute Gasteiger partial charge is 0.354 e. The van der Waals surface area contributed by atoms with Gasteiger partial charge in [-0.25, -0.2) is 4.79 Å². The fraction of sp³-hybridized carbons (Fsp3) is 0.333. The van der Waals surface area contributed by atoms with Crippen LogP contribution in [0.15, 0.2) is 18.7 Å². The monoisotopic (exact) mass is 180 g/mol. The third kappa shape index (κ3) is 1.96. The Balaban J connectivity index is 3.06. The van der Waals surface area contributed by atoms with E-state index < -0.39 is 5.97 Å². The van der Waals surface area contributed by atoms with E-state index in [-0.39, 0.29) is 5.69 Å². The van der Waals surface area contributed by atoms with Crippen LogP contribution in [0.1, 0.15) is 23.1 Å². The van der Waals surface area contributed by atoms with Crippen molar-refractivity contribution in [2.75, 3.05) is 0 Å². The molecule has 1 rings (SSSR count). The molecule has 0 aliphatic rings. The summed E-state index contributed by atoms with van der Waals surface area (Å²) in [5.41, 5.74) is 1.01. The standard InChI is InChI=1S/C9H12N2O2/c1-3-5-11-8(9(12)13)6-7(4-2)10-11/h3,6H,1,4-5H2,2H3,(H,12,13). The maximum Gasteiger partial charge on any atom is 0.354 e. The Kier molecular flexibility index (Phi) is 2.84. The Morgan fingerprint density at radius 3 is 3.00 bits per heavy atom. The van der Waals surface area contributed by atoms with Crippen LogP contribution in [0, 0.1) is 0 Å². The fourth-order valence-electron chi connectivity index (χ4n) is 1.08. The average Bonchev–Trinajstić information content (AvgIpc) is 2.48. The summed E-state index contributed by atoms with van der Waals surface area (Å²) < 4.78 is 1.44. The Morgan fingerprint density at radius 2 is 2.54 bits per heavy atom. The van der Waals surface area contributed by atoms with Crippen LogP contribution in [0.25, 0.3) is 0 Å². The van der Waals surface area contributed by atoms with Gasteiger partial charge in [-0.3, -0.25) is 4.68 Å². The summed E-state index contributed by atoms with van der Waals surface area (Å²) in [7, 11) is 0. The normalized spacial score (nSPS) is 9.92. The molecule has 0 aliphatic carbocycles. The van der Waals surface area contributed by atoms with Crippen molar-refractivity contribution in [1.82, 2.24) is 9.78 Å². The van der Waals surface area contributed by atoms with E-state index in [1.807, 2.05) is 6.92 Å². The molecular formula is C9H12N2O2. The van der Waals surface area contributed by atoms with Crippen LogP contribution in [0.4, 0.5) is 0 Å². The molecule has 0 bridgehead atoms. The second-order valence-corrected chi connectivity index (χ2v) is 2.65. The van der Waals surface area contributed by atoms with Crippen molar-refractivity contribution in [2.45, 2.75) is 19.9 Å². The van der Waals surface area contributed by atoms with Gasteiger partial charge in [0, 0.05) is 0 Å². The zero-order valence-electron chi connectivity index (χ0n) is 7.53. The van der Waals surface area contributed by atoms with Crippen LogP contribution in [-0.2, 0) is 13.0 Å². The molecular weight excluding hydrogens is 168 g/mol. The Labute approximate surface area is 76.5 Å². The van der Waals surface area contributed by atoms with Gasteiger partial charge in [-0.1, -0.05) is 13.0 Å². The number of hydrogen-bond acceptors (Lipinski definition) is 2. The van der Waals surface area contributed by atoms with Crippen LogP contribution in [0.2, 0.25) is 0 Å². The molecule has 0 unspecified atom stereocenters. The maximum absolute atomic E-state index is 10.7. The molecule has 0 saturated carbocycles. The summed E-state index contributed by atoms with van der Waals surface area (Å²) in [6, 6.07) is 1.59. The lowest BCUT2D eigenvalue weighted by atomic mass is 10.3. The second kappa shape index (κ2) is 3.89. The molecule has 0 spiro atoms. The van der Waals surface area contributed by atoms with E-state index in [0.29, 0.717) is 6.54 Å². The number of rotatable bonds is 4. The first-order valence-corrected chi connectivity index (χ1v) is 4.10. The van der Waals surface area contributed by atoms with Crippen LogP contribution in [0.5, 0.6) is 0 Å². The first-order valence-electron chi connectivity index (χ1n) is 4.10. The highest BCUT2D eigenvalue weighted by Gasteiger charge is 2.11. The maximum atomic E-state index is 10.7. The number of aromatic nitrogens is 2. The van der Waals surface area contributed by atoms with Crippen LogP contribution >= 0.6 is 0 Å². The van der Waals surface area contributed by atoms with E-state index in [2.05, 4.69) is 11.7 Å². The quantitative estimate of drug-likeness (QED) is 0.711. The van der Waals surface area contributed by atoms with Gasteiger partial charge in [0.05, 0.1) is 12.2 Å². The van der Waals surface area contributed by atoms with E-state index >= 15 is 0 Å². The number of carbonyl (C=O) groups is 1. The van der Waals surface area contributed by atoms with Crippen molar-refractivity contribution in [2.24, 2.45) is 0 Å². The number of aryl methyl sites for hydroxylation is 1. The highest BCUT2D eigenvalue weighted by molar-refractivity contribution is 5.85. The van der Waals surface area contributed by atoms with E-state index in [1.54, 1.807) is 12.1 Å². The fourth-order valence-corrected chi connectivity index (χ4v) is 1.08. The predicted molar refractivity (Wildman–Crippen MR) is 48.8 cm³/mol. The molecule has 70 valence electrons. The molecule has 0 amide bonds. The highest BCUT2D eigenvalue weighted by Crippen LogP contribution is 2.05. The molecule has 0 atom stereocenters. The number of carboxylic acid groups (broad SMARTS) is 1. The molecule has 0 radical (unpaired) electrons. The summed E-state index contributed by atoms with van der Waals surface area (Å²) in [5.74, 6) is -0.950. The van der Waals surface area contributed by atoms with Crippen molar-refractivity contribution >= 4 is 5.97 Å². The van der Waals surface area contributed by atoms with Crippen molar-refractivity contribution in [1.29, 1.82) is 0 Å². The Hall–Kier alpha value is -1.58. The summed E-state index contributed by atoms with van der Waals surface area (Å²) in [5, 5.41) is 12.9. The molecule has 1 aromatic rings. The molecule has 1 heterocycles. The van der Waals surface area contributed by atoms with Gasteiger partial charge in [0.2, 0.25) is 0 Å². The number of carboxylic acids is 1. The predicted octanol–water partition coefficient (Wildman–Crippen LogP) is 1.33. The topological polar surface area (TPSA) is 55.1 Å². The zero-order valence-corrected chi connectivity index (χ0v) is 7.53. The van der Waals surface area contributed by atoms with Gasteiger partial charge in [-0.15, -0.1) is 6.58 Å². The van der Waals surface area contributed by atoms with Crippen molar-refractivity contribution in [3.8, 4) is 0 Å². The molecule has 4 nitrogen and oxygen atoms in total. The van der Waals surface area contributed by atoms with Gasteiger partial charge in [-0.2, -0.15) is 5.10 Å². The largest absolute Gasteiger partial charge is 0.477 e. The van der Waals surface area contributed by atoms with Crippen LogP contribution in [-0.4, -0.2) is 20.9 Å². The van der Waals surface area contributed by atoms with Gasteiger partial charge >= 0.3 is 5.97 Å². The zero-order chi connectivity index (χ0) is 9.84. The summed E-state index contributed by atoms with van der Waals surface area (Å²) >= 11 is 0. The first-order chi connectivity index (χ1) is 6.19. The molecule has 0 aromatic carbocycles. The third-order valence-electron chi connectivity index (χ3n) is 1.71. The van der Waals surface area contributed by atoms with Crippen molar-refractivity contribution in [3.05, 3.63) is 30.1 Å². The Bertz CT molecular complexity index is 328. The molecule has 0 saturated heterocycles. The average molecular weight is 180 g/mol. The van der Waals surface area contributed by atoms with Crippen LogP contribution in [0.3, 0.4) is 0 Å². The number of aromatic carboxylic acids is 1. The minimum atomic E-state index is -0.950. The number of nitrogens with zero attached hydrogens (tertiary/aromatic N) is 2. The van der Waals surface area contributed by atoms with Gasteiger partial charge < -0.3 is 5.11 Å². The minimum absolute atomic E-state index is 0.219. The molecule has 13 heavy (non-hydrogen) atoms. The van der Waals surface area contributed by atoms with Gasteiger partial charge in [0.1, 0.15) is 5.69 Å². The summed E-state index contributed by atoms with van der Waals surface area (Å²) in [6.45, 7) is 5.91. The summed E-state index contributed by atoms with van der Waals surface area (Å²) in [4.78, 5) is 10.7. The van der Waals surface area contributed by atoms with Crippen molar-refractivity contribution in [3.63, 3.8) is 0 Å². The second-order valence-electron chi connectivity index (χ2n) is 2.65. The van der Waals surface area contributed by atoms with Crippen LogP contribution < -0.4 is 0 Å². The van der Waals surface area contributed by atoms with E-state index in [4.69, 9.17) is 5.11 Å². The number of hydrogen-bond donors (Lipinski definition) is 1. The first kappa shape index (κ1) is 9.51. The lowest BCUT2D eigenvalue weighted by Gasteiger charge is -1.98. The lowest BCUT2D eigenvalue weighted by Crippen LogP contribution is -2.08. The van der Waals surface area contributed by atoms with E-state index in [0.717, 1.165) is 12.1 Å². The molecule has 0 fully saturated rings. The SMILES string of the molecule is C=CCn1nc(CC)cc1C(=O)O. The van der Waals surface area contributed by atoms with Gasteiger partial charge in [-0.05, 0) is 12.5 Å². The van der Waals surface area contributed by atoms with E-state index in [1.165, 1.54) is 4.68 Å². The third-order valence-corrected chi connectivity index (χ3v) is 1.71.